The molecule has 0 saturated carbocycles. The van der Waals surface area contributed by atoms with Crippen molar-refractivity contribution in [3.63, 3.8) is 0 Å². The molecule has 0 bridgehead atoms. The van der Waals surface area contributed by atoms with Crippen molar-refractivity contribution in [2.24, 2.45) is 0 Å². The third-order valence-corrected chi connectivity index (χ3v) is 1.95. The van der Waals surface area contributed by atoms with E-state index in [0.29, 0.717) is 11.5 Å². The Labute approximate surface area is 63.2 Å². The molecule has 1 atom stereocenters. The number of hydrogen-bond acceptors (Lipinski definition) is 4. The summed E-state index contributed by atoms with van der Waals surface area (Å²) in [6.07, 6.45) is 0.992. The van der Waals surface area contributed by atoms with E-state index in [0.717, 1.165) is 0 Å². The minimum Gasteiger partial charge on any atom is -0.479 e. The number of carboxylic acids is 1. The van der Waals surface area contributed by atoms with Crippen LogP contribution in [0.3, 0.4) is 0 Å². The summed E-state index contributed by atoms with van der Waals surface area (Å²) in [6.45, 7) is 0.241. The molecule has 2 N–H and O–H groups in total. The summed E-state index contributed by atoms with van der Waals surface area (Å²) in [5, 5.41) is 18.2. The zero-order chi connectivity index (χ0) is 8.48. The van der Waals surface area contributed by atoms with Crippen LogP contribution in [-0.2, 0) is 9.59 Å². The molecule has 0 amide bonds. The first-order valence-electron chi connectivity index (χ1n) is 3.30. The molecule has 5 heteroatoms. The van der Waals surface area contributed by atoms with E-state index in [4.69, 9.17) is 10.3 Å². The maximum absolute atomic E-state index is 10.5. The Hall–Kier alpha value is -0.940. The SMILES string of the molecule is O=C[C@@]1(C(=O)O)CCCN1O. The zero-order valence-electron chi connectivity index (χ0n) is 5.86. The van der Waals surface area contributed by atoms with Crippen molar-refractivity contribution in [1.29, 1.82) is 0 Å². The van der Waals surface area contributed by atoms with Crippen molar-refractivity contribution >= 4 is 12.3 Å². The van der Waals surface area contributed by atoms with E-state index < -0.39 is 11.5 Å². The third-order valence-electron chi connectivity index (χ3n) is 1.95. The van der Waals surface area contributed by atoms with E-state index in [2.05, 4.69) is 0 Å². The summed E-state index contributed by atoms with van der Waals surface area (Å²) in [7, 11) is 0. The van der Waals surface area contributed by atoms with E-state index in [-0.39, 0.29) is 19.3 Å². The number of hydroxylamine groups is 2. The number of rotatable bonds is 2. The largest absolute Gasteiger partial charge is 0.479 e. The lowest BCUT2D eigenvalue weighted by molar-refractivity contribution is -0.182. The molecule has 1 heterocycles. The number of carbonyl (C=O) groups excluding carboxylic acids is 1. The molecule has 1 fully saturated rings. The van der Waals surface area contributed by atoms with Gasteiger partial charge in [-0.3, -0.25) is 0 Å². The summed E-state index contributed by atoms with van der Waals surface area (Å²) in [4.78, 5) is 20.9. The molecule has 0 aromatic heterocycles. The molecule has 11 heavy (non-hydrogen) atoms. The second-order valence-corrected chi connectivity index (χ2v) is 2.57. The minimum absolute atomic E-state index is 0.183. The number of hydrogen-bond donors (Lipinski definition) is 2. The van der Waals surface area contributed by atoms with Crippen LogP contribution in [0.4, 0.5) is 0 Å². The van der Waals surface area contributed by atoms with Gasteiger partial charge in [-0.2, -0.15) is 5.06 Å². The van der Waals surface area contributed by atoms with Crippen LogP contribution in [-0.4, -0.2) is 39.7 Å². The lowest BCUT2D eigenvalue weighted by Gasteiger charge is -2.22. The molecule has 0 aliphatic carbocycles. The van der Waals surface area contributed by atoms with Gasteiger partial charge in [-0.25, -0.2) is 4.79 Å². The summed E-state index contributed by atoms with van der Waals surface area (Å²) < 4.78 is 0. The molecule has 0 unspecified atom stereocenters. The van der Waals surface area contributed by atoms with Crippen LogP contribution in [0.25, 0.3) is 0 Å². The molecule has 0 aromatic rings. The van der Waals surface area contributed by atoms with Crippen molar-refractivity contribution in [2.75, 3.05) is 6.54 Å². The molecular weight excluding hydrogens is 150 g/mol. The van der Waals surface area contributed by atoms with Gasteiger partial charge in [-0.1, -0.05) is 0 Å². The molecular formula is C6H9NO4. The van der Waals surface area contributed by atoms with E-state index >= 15 is 0 Å². The Balaban J connectivity index is 2.90. The molecule has 1 saturated heterocycles. The topological polar surface area (TPSA) is 77.8 Å². The van der Waals surface area contributed by atoms with Gasteiger partial charge in [0.25, 0.3) is 0 Å². The van der Waals surface area contributed by atoms with Crippen LogP contribution in [0.1, 0.15) is 12.8 Å². The number of carbonyl (C=O) groups is 2. The predicted octanol–water partition coefficient (Wildman–Crippen LogP) is -0.506. The van der Waals surface area contributed by atoms with Crippen LogP contribution >= 0.6 is 0 Å². The normalized spacial score (nSPS) is 32.1. The van der Waals surface area contributed by atoms with Gasteiger partial charge in [0.05, 0.1) is 0 Å². The van der Waals surface area contributed by atoms with Crippen molar-refractivity contribution in [3.05, 3.63) is 0 Å². The highest BCUT2D eigenvalue weighted by Gasteiger charge is 2.47. The number of carboxylic acid groups (broad SMARTS) is 1. The maximum atomic E-state index is 10.5. The average molecular weight is 159 g/mol. The van der Waals surface area contributed by atoms with Gasteiger partial charge >= 0.3 is 5.97 Å². The first kappa shape index (κ1) is 8.16. The van der Waals surface area contributed by atoms with E-state index in [9.17, 15) is 9.59 Å². The Kier molecular flexibility index (Phi) is 1.92. The highest BCUT2D eigenvalue weighted by atomic mass is 16.5. The van der Waals surface area contributed by atoms with Crippen molar-refractivity contribution in [3.8, 4) is 0 Å². The minimum atomic E-state index is -1.68. The van der Waals surface area contributed by atoms with E-state index in [1.165, 1.54) is 0 Å². The van der Waals surface area contributed by atoms with Crippen LogP contribution < -0.4 is 0 Å². The second-order valence-electron chi connectivity index (χ2n) is 2.57. The van der Waals surface area contributed by atoms with E-state index in [1.807, 2.05) is 0 Å². The zero-order valence-corrected chi connectivity index (χ0v) is 5.86. The number of nitrogens with zero attached hydrogens (tertiary/aromatic N) is 1. The van der Waals surface area contributed by atoms with Crippen molar-refractivity contribution < 1.29 is 19.9 Å². The fraction of sp³-hybridized carbons (Fsp3) is 0.667. The Morgan fingerprint density at radius 1 is 1.64 bits per heavy atom. The van der Waals surface area contributed by atoms with Gasteiger partial charge in [0.1, 0.15) is 0 Å². The molecule has 62 valence electrons. The van der Waals surface area contributed by atoms with Crippen LogP contribution in [0.5, 0.6) is 0 Å². The Bertz CT molecular complexity index is 193. The first-order chi connectivity index (χ1) is 5.13. The first-order valence-corrected chi connectivity index (χ1v) is 3.30. The number of aldehydes is 1. The molecule has 0 spiro atoms. The van der Waals surface area contributed by atoms with Gasteiger partial charge in [-0.15, -0.1) is 0 Å². The van der Waals surface area contributed by atoms with Gasteiger partial charge in [0, 0.05) is 6.54 Å². The fourth-order valence-electron chi connectivity index (χ4n) is 1.21. The lowest BCUT2D eigenvalue weighted by Crippen LogP contribution is -2.50. The monoisotopic (exact) mass is 159 g/mol. The van der Waals surface area contributed by atoms with Gasteiger partial charge in [0.15, 0.2) is 11.8 Å². The Morgan fingerprint density at radius 2 is 2.27 bits per heavy atom. The Morgan fingerprint density at radius 3 is 2.45 bits per heavy atom. The quantitative estimate of drug-likeness (QED) is 0.419. The predicted molar refractivity (Wildman–Crippen MR) is 34.2 cm³/mol. The van der Waals surface area contributed by atoms with Gasteiger partial charge in [0.2, 0.25) is 0 Å². The molecule has 1 aliphatic heterocycles. The molecule has 1 rings (SSSR count). The molecule has 0 radical (unpaired) electrons. The molecule has 0 aromatic carbocycles. The molecule has 1 aliphatic rings. The lowest BCUT2D eigenvalue weighted by atomic mass is 10.0. The summed E-state index contributed by atoms with van der Waals surface area (Å²) >= 11 is 0. The van der Waals surface area contributed by atoms with Crippen LogP contribution in [0.2, 0.25) is 0 Å². The van der Waals surface area contributed by atoms with Gasteiger partial charge in [-0.05, 0) is 12.8 Å². The van der Waals surface area contributed by atoms with Gasteiger partial charge < -0.3 is 15.1 Å². The second kappa shape index (κ2) is 2.60. The van der Waals surface area contributed by atoms with E-state index in [1.54, 1.807) is 0 Å². The van der Waals surface area contributed by atoms with Crippen molar-refractivity contribution in [2.45, 2.75) is 18.4 Å². The summed E-state index contributed by atoms with van der Waals surface area (Å²) in [6, 6.07) is 0. The van der Waals surface area contributed by atoms with Crippen LogP contribution in [0, 0.1) is 0 Å². The summed E-state index contributed by atoms with van der Waals surface area (Å²) in [5.74, 6) is -1.28. The summed E-state index contributed by atoms with van der Waals surface area (Å²) in [5.41, 5.74) is -1.68. The average Bonchev–Trinajstić information content (AvgIpc) is 2.32. The van der Waals surface area contributed by atoms with Crippen molar-refractivity contribution in [1.82, 2.24) is 5.06 Å². The fourth-order valence-corrected chi connectivity index (χ4v) is 1.21. The molecule has 5 nitrogen and oxygen atoms in total. The maximum Gasteiger partial charge on any atom is 0.333 e. The third kappa shape index (κ3) is 1.02. The standard InChI is InChI=1S/C6H9NO4/c8-4-6(5(9)10)2-1-3-7(6)11/h4,11H,1-3H2,(H,9,10)/t6-/m1/s1. The highest BCUT2D eigenvalue weighted by Crippen LogP contribution is 2.25. The highest BCUT2D eigenvalue weighted by molar-refractivity contribution is 5.97. The van der Waals surface area contributed by atoms with Crippen LogP contribution in [0.15, 0.2) is 0 Å². The number of aliphatic carboxylic acids is 1. The smallest absolute Gasteiger partial charge is 0.333 e.